The van der Waals surface area contributed by atoms with E-state index >= 15 is 0 Å². The fraction of sp³-hybridized carbons (Fsp3) is 1.00. The maximum absolute atomic E-state index is 6.10. The fourth-order valence-electron chi connectivity index (χ4n) is 3.07. The van der Waals surface area contributed by atoms with Crippen LogP contribution in [0.4, 0.5) is 0 Å². The maximum Gasteiger partial charge on any atom is 0.0477 e. The van der Waals surface area contributed by atoms with Crippen LogP contribution in [0.15, 0.2) is 0 Å². The minimum Gasteiger partial charge on any atom is -0.385 e. The average molecular weight is 241 g/mol. The van der Waals surface area contributed by atoms with Crippen LogP contribution in [0.3, 0.4) is 0 Å². The lowest BCUT2D eigenvalue weighted by atomic mass is 10.2. The summed E-state index contributed by atoms with van der Waals surface area (Å²) in [5.41, 5.74) is 6.10. The predicted molar refractivity (Wildman–Crippen MR) is 70.1 cm³/mol. The zero-order chi connectivity index (χ0) is 12.1. The second-order valence-corrected chi connectivity index (χ2v) is 5.49. The molecule has 2 saturated heterocycles. The van der Waals surface area contributed by atoms with E-state index in [1.807, 2.05) is 0 Å². The Kier molecular flexibility index (Phi) is 5.22. The molecule has 4 heteroatoms. The third-order valence-corrected chi connectivity index (χ3v) is 4.09. The van der Waals surface area contributed by atoms with Crippen LogP contribution < -0.4 is 5.73 Å². The predicted octanol–water partition coefficient (Wildman–Crippen LogP) is 0.520. The number of hydrogen-bond acceptors (Lipinski definition) is 4. The van der Waals surface area contributed by atoms with Gasteiger partial charge in [0.15, 0.2) is 0 Å². The van der Waals surface area contributed by atoms with Crippen molar-refractivity contribution in [1.82, 2.24) is 9.80 Å². The van der Waals surface area contributed by atoms with Crippen molar-refractivity contribution in [2.75, 3.05) is 46.4 Å². The van der Waals surface area contributed by atoms with Gasteiger partial charge in [-0.15, -0.1) is 0 Å². The van der Waals surface area contributed by atoms with Gasteiger partial charge < -0.3 is 15.4 Å². The van der Waals surface area contributed by atoms with Gasteiger partial charge in [0.25, 0.3) is 0 Å². The van der Waals surface area contributed by atoms with Gasteiger partial charge in [-0.1, -0.05) is 0 Å². The zero-order valence-electron chi connectivity index (χ0n) is 11.1. The molecule has 2 atom stereocenters. The topological polar surface area (TPSA) is 41.7 Å². The molecule has 0 amide bonds. The lowest BCUT2D eigenvalue weighted by Crippen LogP contribution is -2.40. The second kappa shape index (κ2) is 6.69. The van der Waals surface area contributed by atoms with Crippen molar-refractivity contribution in [3.8, 4) is 0 Å². The van der Waals surface area contributed by atoms with Crippen LogP contribution in [-0.2, 0) is 4.74 Å². The Balaban J connectivity index is 1.66. The van der Waals surface area contributed by atoms with Gasteiger partial charge >= 0.3 is 0 Å². The molecular weight excluding hydrogens is 214 g/mol. The van der Waals surface area contributed by atoms with Crippen molar-refractivity contribution >= 4 is 0 Å². The van der Waals surface area contributed by atoms with Crippen LogP contribution >= 0.6 is 0 Å². The summed E-state index contributed by atoms with van der Waals surface area (Å²) in [6.07, 6.45) is 5.09. The molecule has 0 aromatic heterocycles. The third-order valence-electron chi connectivity index (χ3n) is 4.09. The van der Waals surface area contributed by atoms with Crippen LogP contribution in [-0.4, -0.2) is 68.3 Å². The smallest absolute Gasteiger partial charge is 0.0477 e. The van der Waals surface area contributed by atoms with Crippen molar-refractivity contribution in [3.63, 3.8) is 0 Å². The van der Waals surface area contributed by atoms with E-state index in [4.69, 9.17) is 10.5 Å². The number of nitrogens with two attached hydrogens (primary N) is 1. The number of nitrogens with zero attached hydrogens (tertiary/aromatic N) is 2. The SMILES string of the molecule is COCCC(N)CN1CCC(N2CCCC2)C1. The summed E-state index contributed by atoms with van der Waals surface area (Å²) in [6, 6.07) is 1.07. The Morgan fingerprint density at radius 3 is 2.76 bits per heavy atom. The number of methoxy groups -OCH3 is 1. The Bertz CT molecular complexity index is 219. The third kappa shape index (κ3) is 3.91. The molecule has 17 heavy (non-hydrogen) atoms. The molecular formula is C13H27N3O. The molecule has 100 valence electrons. The lowest BCUT2D eigenvalue weighted by Gasteiger charge is -2.25. The summed E-state index contributed by atoms with van der Waals surface area (Å²) in [6.45, 7) is 6.89. The fourth-order valence-corrected chi connectivity index (χ4v) is 3.07. The Morgan fingerprint density at radius 2 is 2.06 bits per heavy atom. The van der Waals surface area contributed by atoms with Gasteiger partial charge in [0.1, 0.15) is 0 Å². The first-order valence-corrected chi connectivity index (χ1v) is 7.00. The van der Waals surface area contributed by atoms with Gasteiger partial charge in [-0.3, -0.25) is 4.90 Å². The van der Waals surface area contributed by atoms with Crippen LogP contribution in [0.25, 0.3) is 0 Å². The summed E-state index contributed by atoms with van der Waals surface area (Å²) in [5.74, 6) is 0. The van der Waals surface area contributed by atoms with Crippen LogP contribution in [0.1, 0.15) is 25.7 Å². The van der Waals surface area contributed by atoms with E-state index in [2.05, 4.69) is 9.80 Å². The molecule has 2 N–H and O–H groups in total. The Hall–Kier alpha value is -0.160. The summed E-state index contributed by atoms with van der Waals surface area (Å²) >= 11 is 0. The number of hydrogen-bond donors (Lipinski definition) is 1. The standard InChI is InChI=1S/C13H27N3O/c1-17-9-5-12(14)10-15-8-4-13(11-15)16-6-2-3-7-16/h12-13H,2-11,14H2,1H3. The summed E-state index contributed by atoms with van der Waals surface area (Å²) in [4.78, 5) is 5.20. The highest BCUT2D eigenvalue weighted by Crippen LogP contribution is 2.20. The van der Waals surface area contributed by atoms with E-state index in [0.29, 0.717) is 0 Å². The number of ether oxygens (including phenoxy) is 1. The van der Waals surface area contributed by atoms with Crippen LogP contribution in [0, 0.1) is 0 Å². The van der Waals surface area contributed by atoms with Crippen molar-refractivity contribution in [1.29, 1.82) is 0 Å². The maximum atomic E-state index is 6.10. The monoisotopic (exact) mass is 241 g/mol. The van der Waals surface area contributed by atoms with Gasteiger partial charge in [-0.25, -0.2) is 0 Å². The molecule has 2 rings (SSSR count). The molecule has 2 unspecified atom stereocenters. The van der Waals surface area contributed by atoms with Crippen molar-refractivity contribution in [2.45, 2.75) is 37.8 Å². The highest BCUT2D eigenvalue weighted by Gasteiger charge is 2.29. The molecule has 0 aliphatic carbocycles. The minimum atomic E-state index is 0.271. The Morgan fingerprint density at radius 1 is 1.29 bits per heavy atom. The molecule has 2 aliphatic heterocycles. The highest BCUT2D eigenvalue weighted by molar-refractivity contribution is 4.86. The van der Waals surface area contributed by atoms with E-state index in [1.54, 1.807) is 7.11 Å². The Labute approximate surface area is 105 Å². The first-order chi connectivity index (χ1) is 8.29. The van der Waals surface area contributed by atoms with Gasteiger partial charge in [0.2, 0.25) is 0 Å². The average Bonchev–Trinajstić information content (AvgIpc) is 2.95. The van der Waals surface area contributed by atoms with Crippen LogP contribution in [0.5, 0.6) is 0 Å². The normalized spacial score (nSPS) is 28.9. The van der Waals surface area contributed by atoms with Gasteiger partial charge in [0.05, 0.1) is 0 Å². The number of rotatable bonds is 6. The molecule has 2 aliphatic rings. The lowest BCUT2D eigenvalue weighted by molar-refractivity contribution is 0.176. The molecule has 0 aromatic carbocycles. The molecule has 0 radical (unpaired) electrons. The van der Waals surface area contributed by atoms with E-state index in [1.165, 1.54) is 45.4 Å². The van der Waals surface area contributed by atoms with E-state index in [-0.39, 0.29) is 6.04 Å². The van der Waals surface area contributed by atoms with E-state index in [0.717, 1.165) is 25.6 Å². The van der Waals surface area contributed by atoms with Crippen LogP contribution in [0.2, 0.25) is 0 Å². The summed E-state index contributed by atoms with van der Waals surface area (Å²) in [5, 5.41) is 0. The quantitative estimate of drug-likeness (QED) is 0.736. The molecule has 0 bridgehead atoms. The molecule has 0 saturated carbocycles. The molecule has 0 spiro atoms. The molecule has 2 fully saturated rings. The summed E-state index contributed by atoms with van der Waals surface area (Å²) in [7, 11) is 1.74. The zero-order valence-corrected chi connectivity index (χ0v) is 11.1. The van der Waals surface area contributed by atoms with Gasteiger partial charge in [-0.05, 0) is 45.3 Å². The summed E-state index contributed by atoms with van der Waals surface area (Å²) < 4.78 is 5.07. The largest absolute Gasteiger partial charge is 0.385 e. The first kappa shape index (κ1) is 13.3. The molecule has 4 nitrogen and oxygen atoms in total. The number of likely N-dealkylation sites (tertiary alicyclic amines) is 2. The van der Waals surface area contributed by atoms with Gasteiger partial charge in [-0.2, -0.15) is 0 Å². The molecule has 2 heterocycles. The minimum absolute atomic E-state index is 0.271. The van der Waals surface area contributed by atoms with E-state index < -0.39 is 0 Å². The van der Waals surface area contributed by atoms with Crippen molar-refractivity contribution < 1.29 is 4.74 Å². The van der Waals surface area contributed by atoms with Crippen molar-refractivity contribution in [2.24, 2.45) is 5.73 Å². The molecule has 0 aromatic rings. The van der Waals surface area contributed by atoms with E-state index in [9.17, 15) is 0 Å². The van der Waals surface area contributed by atoms with Crippen molar-refractivity contribution in [3.05, 3.63) is 0 Å². The highest BCUT2D eigenvalue weighted by atomic mass is 16.5. The first-order valence-electron chi connectivity index (χ1n) is 7.00. The second-order valence-electron chi connectivity index (χ2n) is 5.49. The van der Waals surface area contributed by atoms with Gasteiger partial charge in [0, 0.05) is 38.9 Å².